The van der Waals surface area contributed by atoms with E-state index in [0.717, 1.165) is 27.6 Å². The van der Waals surface area contributed by atoms with E-state index >= 15 is 0 Å². The van der Waals surface area contributed by atoms with Gasteiger partial charge >= 0.3 is 0 Å². The molecule has 0 aliphatic carbocycles. The Morgan fingerprint density at radius 1 is 1.25 bits per heavy atom. The minimum atomic E-state index is 0.252. The van der Waals surface area contributed by atoms with Gasteiger partial charge in [0.15, 0.2) is 0 Å². The summed E-state index contributed by atoms with van der Waals surface area (Å²) in [5, 5.41) is 24.3. The molecule has 0 amide bonds. The van der Waals surface area contributed by atoms with Gasteiger partial charge in [0.05, 0.1) is 17.1 Å². The fourth-order valence-electron chi connectivity index (χ4n) is 2.32. The quantitative estimate of drug-likeness (QED) is 0.733. The summed E-state index contributed by atoms with van der Waals surface area (Å²) in [5.41, 5.74) is 3.95. The first-order valence-electron chi connectivity index (χ1n) is 6.26. The third-order valence-electron chi connectivity index (χ3n) is 3.39. The van der Waals surface area contributed by atoms with Crippen LogP contribution in [0.1, 0.15) is 11.1 Å². The lowest BCUT2D eigenvalue weighted by atomic mass is 9.98. The predicted octanol–water partition coefficient (Wildman–Crippen LogP) is 3.13. The van der Waals surface area contributed by atoms with E-state index < -0.39 is 0 Å². The Balaban J connectivity index is 2.33. The van der Waals surface area contributed by atoms with E-state index in [9.17, 15) is 5.11 Å². The van der Waals surface area contributed by atoms with Crippen LogP contribution >= 0.6 is 0 Å². The molecule has 0 radical (unpaired) electrons. The summed E-state index contributed by atoms with van der Waals surface area (Å²) in [6, 6.07) is 11.3. The Morgan fingerprint density at radius 2 is 2.05 bits per heavy atom. The molecule has 3 aromatic rings. The number of rotatable bonds is 1. The normalized spacial score (nSPS) is 10.7. The predicted molar refractivity (Wildman–Crippen MR) is 77.3 cm³/mol. The molecule has 0 aliphatic rings. The average molecular weight is 263 g/mol. The molecule has 0 bridgehead atoms. The highest BCUT2D eigenvalue weighted by Gasteiger charge is 2.10. The van der Waals surface area contributed by atoms with Gasteiger partial charge in [-0.3, -0.25) is 4.68 Å². The third kappa shape index (κ3) is 1.90. The van der Waals surface area contributed by atoms with E-state index in [1.807, 2.05) is 38.4 Å². The topological polar surface area (TPSA) is 61.8 Å². The Hall–Kier alpha value is -2.80. The minimum absolute atomic E-state index is 0.252. The standard InChI is InChI=1S/C16H13N3O/c1-10-3-4-12(7-16(10)20)13-5-11(8-17)6-15-14(13)9-19(2)18-15/h3-7,9,20H,1-2H3. The molecule has 0 saturated carbocycles. The maximum Gasteiger partial charge on any atom is 0.119 e. The van der Waals surface area contributed by atoms with Crippen LogP contribution in [0.3, 0.4) is 0 Å². The van der Waals surface area contributed by atoms with Gasteiger partial charge in [0, 0.05) is 18.6 Å². The molecule has 20 heavy (non-hydrogen) atoms. The lowest BCUT2D eigenvalue weighted by Crippen LogP contribution is -1.85. The van der Waals surface area contributed by atoms with Crippen LogP contribution in [-0.2, 0) is 7.05 Å². The summed E-state index contributed by atoms with van der Waals surface area (Å²) in [6.45, 7) is 1.85. The highest BCUT2D eigenvalue weighted by Crippen LogP contribution is 2.32. The zero-order chi connectivity index (χ0) is 14.3. The Labute approximate surface area is 116 Å². The fourth-order valence-corrected chi connectivity index (χ4v) is 2.32. The highest BCUT2D eigenvalue weighted by molar-refractivity contribution is 5.95. The number of fused-ring (bicyclic) bond motifs is 1. The molecule has 1 N–H and O–H groups in total. The number of aromatic nitrogens is 2. The van der Waals surface area contributed by atoms with Crippen molar-refractivity contribution in [2.45, 2.75) is 6.92 Å². The fraction of sp³-hybridized carbons (Fsp3) is 0.125. The number of aromatic hydroxyl groups is 1. The van der Waals surface area contributed by atoms with Crippen LogP contribution in [0, 0.1) is 18.3 Å². The summed E-state index contributed by atoms with van der Waals surface area (Å²) in [5.74, 6) is 0.252. The molecule has 98 valence electrons. The molecule has 0 spiro atoms. The zero-order valence-electron chi connectivity index (χ0n) is 11.3. The van der Waals surface area contributed by atoms with Crippen molar-refractivity contribution < 1.29 is 5.11 Å². The third-order valence-corrected chi connectivity index (χ3v) is 3.39. The SMILES string of the molecule is Cc1ccc(-c2cc(C#N)cc3nn(C)cc23)cc1O. The second-order valence-electron chi connectivity index (χ2n) is 4.87. The van der Waals surface area contributed by atoms with Gasteiger partial charge in [-0.05, 0) is 41.8 Å². The summed E-state index contributed by atoms with van der Waals surface area (Å²) >= 11 is 0. The van der Waals surface area contributed by atoms with Gasteiger partial charge in [-0.1, -0.05) is 12.1 Å². The van der Waals surface area contributed by atoms with E-state index in [4.69, 9.17) is 5.26 Å². The maximum atomic E-state index is 9.88. The summed E-state index contributed by atoms with van der Waals surface area (Å²) in [6.07, 6.45) is 1.92. The molecule has 1 heterocycles. The Bertz CT molecular complexity index is 856. The molecule has 2 aromatic carbocycles. The first kappa shape index (κ1) is 12.2. The summed E-state index contributed by atoms with van der Waals surface area (Å²) < 4.78 is 1.73. The molecular formula is C16H13N3O. The number of phenols is 1. The van der Waals surface area contributed by atoms with Crippen LogP contribution in [0.4, 0.5) is 0 Å². The van der Waals surface area contributed by atoms with E-state index in [-0.39, 0.29) is 5.75 Å². The molecule has 0 fully saturated rings. The maximum absolute atomic E-state index is 9.88. The van der Waals surface area contributed by atoms with E-state index in [1.165, 1.54) is 0 Å². The van der Waals surface area contributed by atoms with Gasteiger partial charge in [0.2, 0.25) is 0 Å². The Morgan fingerprint density at radius 3 is 2.75 bits per heavy atom. The first-order valence-corrected chi connectivity index (χ1v) is 6.26. The number of nitrogens with zero attached hydrogens (tertiary/aromatic N) is 3. The van der Waals surface area contributed by atoms with Gasteiger partial charge < -0.3 is 5.11 Å². The van der Waals surface area contributed by atoms with Crippen molar-refractivity contribution in [3.63, 3.8) is 0 Å². The number of hydrogen-bond acceptors (Lipinski definition) is 3. The molecule has 0 atom stereocenters. The Kier molecular flexibility index (Phi) is 2.69. The van der Waals surface area contributed by atoms with Gasteiger partial charge in [0.1, 0.15) is 5.75 Å². The second-order valence-corrected chi connectivity index (χ2v) is 4.87. The van der Waals surface area contributed by atoms with E-state index in [1.54, 1.807) is 16.8 Å². The highest BCUT2D eigenvalue weighted by atomic mass is 16.3. The molecule has 3 rings (SSSR count). The smallest absolute Gasteiger partial charge is 0.119 e. The van der Waals surface area contributed by atoms with Crippen molar-refractivity contribution in [2.75, 3.05) is 0 Å². The number of phenolic OH excluding ortho intramolecular Hbond substituents is 1. The van der Waals surface area contributed by atoms with Crippen molar-refractivity contribution in [1.29, 1.82) is 5.26 Å². The molecule has 4 heteroatoms. The number of nitriles is 1. The van der Waals surface area contributed by atoms with Crippen LogP contribution in [0.25, 0.3) is 22.0 Å². The lowest BCUT2D eigenvalue weighted by Gasteiger charge is -2.06. The number of benzene rings is 2. The minimum Gasteiger partial charge on any atom is -0.508 e. The molecule has 0 saturated heterocycles. The van der Waals surface area contributed by atoms with Gasteiger partial charge in [-0.2, -0.15) is 10.4 Å². The summed E-state index contributed by atoms with van der Waals surface area (Å²) in [7, 11) is 1.85. The van der Waals surface area contributed by atoms with Crippen molar-refractivity contribution in [3.8, 4) is 22.9 Å². The van der Waals surface area contributed by atoms with Crippen LogP contribution in [-0.4, -0.2) is 14.9 Å². The van der Waals surface area contributed by atoms with Crippen LogP contribution in [0.2, 0.25) is 0 Å². The second kappa shape index (κ2) is 4.39. The lowest BCUT2D eigenvalue weighted by molar-refractivity contribution is 0.471. The summed E-state index contributed by atoms with van der Waals surface area (Å²) in [4.78, 5) is 0. The van der Waals surface area contributed by atoms with Crippen molar-refractivity contribution in [2.24, 2.45) is 7.05 Å². The zero-order valence-corrected chi connectivity index (χ0v) is 11.3. The van der Waals surface area contributed by atoms with Crippen LogP contribution in [0.5, 0.6) is 5.75 Å². The molecular weight excluding hydrogens is 250 g/mol. The van der Waals surface area contributed by atoms with Crippen molar-refractivity contribution in [1.82, 2.24) is 9.78 Å². The number of hydrogen-bond donors (Lipinski definition) is 1. The van der Waals surface area contributed by atoms with E-state index in [0.29, 0.717) is 5.56 Å². The molecule has 4 nitrogen and oxygen atoms in total. The van der Waals surface area contributed by atoms with Crippen molar-refractivity contribution >= 4 is 10.9 Å². The average Bonchev–Trinajstić information content (AvgIpc) is 2.80. The van der Waals surface area contributed by atoms with Crippen LogP contribution < -0.4 is 0 Å². The number of aryl methyl sites for hydroxylation is 2. The first-order chi connectivity index (χ1) is 9.58. The van der Waals surface area contributed by atoms with E-state index in [2.05, 4.69) is 11.2 Å². The molecule has 1 aromatic heterocycles. The molecule has 0 unspecified atom stereocenters. The largest absolute Gasteiger partial charge is 0.508 e. The molecule has 0 aliphatic heterocycles. The van der Waals surface area contributed by atoms with Crippen LogP contribution in [0.15, 0.2) is 36.5 Å². The van der Waals surface area contributed by atoms with Gasteiger partial charge in [-0.15, -0.1) is 0 Å². The van der Waals surface area contributed by atoms with Crippen molar-refractivity contribution in [3.05, 3.63) is 47.7 Å². The van der Waals surface area contributed by atoms with Gasteiger partial charge in [-0.25, -0.2) is 0 Å². The van der Waals surface area contributed by atoms with Gasteiger partial charge in [0.25, 0.3) is 0 Å². The monoisotopic (exact) mass is 263 g/mol.